The molecule has 0 N–H and O–H groups in total. The van der Waals surface area contributed by atoms with Crippen molar-refractivity contribution in [3.8, 4) is 5.75 Å². The Bertz CT molecular complexity index is 1290. The molecule has 5 heteroatoms. The van der Waals surface area contributed by atoms with Crippen molar-refractivity contribution in [2.24, 2.45) is 11.8 Å². The lowest BCUT2D eigenvalue weighted by Crippen LogP contribution is -2.41. The van der Waals surface area contributed by atoms with Crippen LogP contribution in [0.3, 0.4) is 0 Å². The summed E-state index contributed by atoms with van der Waals surface area (Å²) < 4.78 is 5.53. The Labute approximate surface area is 217 Å². The van der Waals surface area contributed by atoms with Crippen LogP contribution in [0.15, 0.2) is 72.8 Å². The number of rotatable bonds is 6. The van der Waals surface area contributed by atoms with Crippen LogP contribution in [0.4, 0.5) is 0 Å². The molecule has 1 saturated heterocycles. The summed E-state index contributed by atoms with van der Waals surface area (Å²) in [4.78, 5) is 41.3. The van der Waals surface area contributed by atoms with E-state index in [2.05, 4.69) is 45.0 Å². The fourth-order valence-electron chi connectivity index (χ4n) is 6.52. The standard InChI is InChI=1S/C32H31NO4/c1-4-32(2,3)19-13-15-20(16-14-19)37-25(34)17-18-33-30(35)28-26-21-9-5-6-10-22(21)27(29(28)31(33)36)24-12-8-7-11-23(24)26/h5-16,26-29H,4,17-18H2,1-3H3. The first-order valence-electron chi connectivity index (χ1n) is 13.2. The van der Waals surface area contributed by atoms with Crippen LogP contribution in [-0.4, -0.2) is 29.2 Å². The van der Waals surface area contributed by atoms with E-state index in [1.807, 2.05) is 36.4 Å². The summed E-state index contributed by atoms with van der Waals surface area (Å²) >= 11 is 0. The molecule has 2 atom stereocenters. The van der Waals surface area contributed by atoms with E-state index >= 15 is 0 Å². The molecule has 1 heterocycles. The van der Waals surface area contributed by atoms with Gasteiger partial charge in [0.2, 0.25) is 11.8 Å². The summed E-state index contributed by atoms with van der Waals surface area (Å²) in [5, 5.41) is 0. The van der Waals surface area contributed by atoms with Gasteiger partial charge in [-0.05, 0) is 51.8 Å². The van der Waals surface area contributed by atoms with Crippen LogP contribution in [0.1, 0.15) is 73.3 Å². The van der Waals surface area contributed by atoms with Crippen LogP contribution >= 0.6 is 0 Å². The van der Waals surface area contributed by atoms with E-state index in [4.69, 9.17) is 4.74 Å². The SMILES string of the molecule is CCC(C)(C)c1ccc(OC(=O)CCN2C(=O)C3C4c5ccccc5C(c5ccccc54)C3C2=O)cc1. The van der Waals surface area contributed by atoms with Crippen molar-refractivity contribution >= 4 is 17.8 Å². The molecule has 3 aromatic carbocycles. The topological polar surface area (TPSA) is 63.7 Å². The Morgan fingerprint density at radius 2 is 1.24 bits per heavy atom. The minimum absolute atomic E-state index is 0.0334. The summed E-state index contributed by atoms with van der Waals surface area (Å²) in [5.41, 5.74) is 5.81. The second kappa shape index (κ2) is 8.69. The van der Waals surface area contributed by atoms with E-state index in [0.717, 1.165) is 28.7 Å². The molecular formula is C32H31NO4. The number of amides is 2. The molecule has 3 aromatic rings. The van der Waals surface area contributed by atoms with E-state index in [0.29, 0.717) is 5.75 Å². The van der Waals surface area contributed by atoms with Gasteiger partial charge in [0.25, 0.3) is 0 Å². The van der Waals surface area contributed by atoms with Gasteiger partial charge in [-0.25, -0.2) is 0 Å². The second-order valence-corrected chi connectivity index (χ2v) is 11.1. The van der Waals surface area contributed by atoms with E-state index in [9.17, 15) is 14.4 Å². The highest BCUT2D eigenvalue weighted by atomic mass is 16.5. The zero-order valence-corrected chi connectivity index (χ0v) is 21.4. The fourth-order valence-corrected chi connectivity index (χ4v) is 6.52. The number of imide groups is 1. The maximum absolute atomic E-state index is 13.6. The first-order valence-corrected chi connectivity index (χ1v) is 13.2. The highest BCUT2D eigenvalue weighted by Crippen LogP contribution is 2.60. The third-order valence-corrected chi connectivity index (χ3v) is 8.83. The molecule has 0 radical (unpaired) electrons. The molecule has 37 heavy (non-hydrogen) atoms. The molecule has 4 aliphatic rings. The zero-order chi connectivity index (χ0) is 25.9. The van der Waals surface area contributed by atoms with Crippen LogP contribution in [0.2, 0.25) is 0 Å². The van der Waals surface area contributed by atoms with Crippen molar-refractivity contribution < 1.29 is 19.1 Å². The summed E-state index contributed by atoms with van der Waals surface area (Å²) in [7, 11) is 0. The van der Waals surface area contributed by atoms with Gasteiger partial charge in [0.1, 0.15) is 5.75 Å². The summed E-state index contributed by atoms with van der Waals surface area (Å²) in [5.74, 6) is -1.45. The first kappa shape index (κ1) is 23.7. The van der Waals surface area contributed by atoms with Crippen molar-refractivity contribution in [2.75, 3.05) is 6.54 Å². The van der Waals surface area contributed by atoms with E-state index in [1.165, 1.54) is 10.5 Å². The van der Waals surface area contributed by atoms with Gasteiger partial charge < -0.3 is 4.74 Å². The number of hydrogen-bond acceptors (Lipinski definition) is 4. The number of esters is 1. The molecule has 5 nitrogen and oxygen atoms in total. The number of benzene rings is 3. The lowest BCUT2D eigenvalue weighted by Gasteiger charge is -2.45. The number of hydrogen-bond donors (Lipinski definition) is 0. The van der Waals surface area contributed by atoms with Crippen molar-refractivity contribution in [1.29, 1.82) is 0 Å². The molecule has 2 unspecified atom stereocenters. The molecular weight excluding hydrogens is 462 g/mol. The molecule has 2 bridgehead atoms. The minimum atomic E-state index is -0.451. The molecule has 0 saturated carbocycles. The first-order chi connectivity index (χ1) is 17.8. The lowest BCUT2D eigenvalue weighted by atomic mass is 9.55. The Kier molecular flexibility index (Phi) is 5.55. The predicted molar refractivity (Wildman–Crippen MR) is 140 cm³/mol. The lowest BCUT2D eigenvalue weighted by molar-refractivity contribution is -0.141. The van der Waals surface area contributed by atoms with Crippen molar-refractivity contribution in [3.05, 3.63) is 101 Å². The largest absolute Gasteiger partial charge is 0.426 e. The zero-order valence-electron chi connectivity index (χ0n) is 21.4. The van der Waals surface area contributed by atoms with Gasteiger partial charge >= 0.3 is 5.97 Å². The molecule has 1 aliphatic heterocycles. The third kappa shape index (κ3) is 3.63. The van der Waals surface area contributed by atoms with Gasteiger partial charge in [-0.2, -0.15) is 0 Å². The molecule has 0 spiro atoms. The average Bonchev–Trinajstić information content (AvgIpc) is 3.17. The Hall–Kier alpha value is -3.73. The van der Waals surface area contributed by atoms with Crippen LogP contribution in [0.5, 0.6) is 5.75 Å². The molecule has 188 valence electrons. The van der Waals surface area contributed by atoms with E-state index in [1.54, 1.807) is 12.1 Å². The highest BCUT2D eigenvalue weighted by Gasteiger charge is 2.61. The van der Waals surface area contributed by atoms with Gasteiger partial charge in [-0.3, -0.25) is 19.3 Å². The number of nitrogens with zero attached hydrogens (tertiary/aromatic N) is 1. The Morgan fingerprint density at radius 1 is 0.784 bits per heavy atom. The van der Waals surface area contributed by atoms with Crippen LogP contribution in [0.25, 0.3) is 0 Å². The van der Waals surface area contributed by atoms with Crippen molar-refractivity contribution in [1.82, 2.24) is 4.90 Å². The van der Waals surface area contributed by atoms with Gasteiger partial charge in [0.15, 0.2) is 0 Å². The number of carbonyl (C=O) groups excluding carboxylic acids is 3. The average molecular weight is 494 g/mol. The van der Waals surface area contributed by atoms with Crippen LogP contribution < -0.4 is 4.74 Å². The maximum atomic E-state index is 13.6. The normalized spacial score (nSPS) is 23.5. The van der Waals surface area contributed by atoms with Crippen molar-refractivity contribution in [3.63, 3.8) is 0 Å². The molecule has 0 aromatic heterocycles. The number of likely N-dealkylation sites (tertiary alicyclic amines) is 1. The van der Waals surface area contributed by atoms with E-state index in [-0.39, 0.29) is 42.0 Å². The summed E-state index contributed by atoms with van der Waals surface area (Å²) in [6.07, 6.45) is 0.970. The quantitative estimate of drug-likeness (QED) is 0.256. The number of ether oxygens (including phenoxy) is 1. The van der Waals surface area contributed by atoms with Gasteiger partial charge in [0.05, 0.1) is 18.3 Å². The maximum Gasteiger partial charge on any atom is 0.312 e. The molecule has 7 rings (SSSR count). The summed E-state index contributed by atoms with van der Waals surface area (Å²) in [6, 6.07) is 23.9. The minimum Gasteiger partial charge on any atom is -0.426 e. The second-order valence-electron chi connectivity index (χ2n) is 11.1. The van der Waals surface area contributed by atoms with Gasteiger partial charge in [0, 0.05) is 18.4 Å². The Morgan fingerprint density at radius 3 is 1.68 bits per heavy atom. The molecule has 2 amide bonds. The number of carbonyl (C=O) groups is 3. The Balaban J connectivity index is 1.19. The highest BCUT2D eigenvalue weighted by molar-refractivity contribution is 6.07. The van der Waals surface area contributed by atoms with Gasteiger partial charge in [-0.1, -0.05) is 81.4 Å². The van der Waals surface area contributed by atoms with Crippen molar-refractivity contribution in [2.45, 2.75) is 50.9 Å². The monoisotopic (exact) mass is 493 g/mol. The predicted octanol–water partition coefficient (Wildman–Crippen LogP) is 5.56. The van der Waals surface area contributed by atoms with Gasteiger partial charge in [-0.15, -0.1) is 0 Å². The smallest absolute Gasteiger partial charge is 0.312 e. The molecule has 1 fully saturated rings. The molecule has 3 aliphatic carbocycles. The van der Waals surface area contributed by atoms with Crippen LogP contribution in [0, 0.1) is 11.8 Å². The van der Waals surface area contributed by atoms with Crippen LogP contribution in [-0.2, 0) is 19.8 Å². The fraction of sp³-hybridized carbons (Fsp3) is 0.344. The third-order valence-electron chi connectivity index (χ3n) is 8.83. The summed E-state index contributed by atoms with van der Waals surface area (Å²) in [6.45, 7) is 6.54. The van der Waals surface area contributed by atoms with E-state index < -0.39 is 17.8 Å².